The molecule has 0 fully saturated rings. The summed E-state index contributed by atoms with van der Waals surface area (Å²) < 4.78 is 0.626. The highest BCUT2D eigenvalue weighted by Gasteiger charge is 2.33. The number of thiazole rings is 2. The number of carbonyl (C=O) groups excluding carboxylic acids is 2. The Morgan fingerprint density at radius 1 is 1.06 bits per heavy atom. The maximum absolute atomic E-state index is 12.9. The van der Waals surface area contributed by atoms with Crippen molar-refractivity contribution in [1.82, 2.24) is 9.97 Å². The minimum Gasteiger partial charge on any atom is -0.301 e. The molecule has 0 saturated carbocycles. The second-order valence-corrected chi connectivity index (χ2v) is 9.77. The lowest BCUT2D eigenvalue weighted by atomic mass is 10.1. The molecule has 0 spiro atoms. The number of aryl methyl sites for hydroxylation is 2. The van der Waals surface area contributed by atoms with Gasteiger partial charge in [-0.05, 0) is 38.0 Å². The molecule has 1 aliphatic rings. The first-order valence-electron chi connectivity index (χ1n) is 10.1. The lowest BCUT2D eigenvalue weighted by Crippen LogP contribution is -2.20. The van der Waals surface area contributed by atoms with E-state index in [1.54, 1.807) is 18.2 Å². The summed E-state index contributed by atoms with van der Waals surface area (Å²) in [4.78, 5) is 45.8. The molecule has 2 aromatic carbocycles. The summed E-state index contributed by atoms with van der Waals surface area (Å²) in [6.07, 6.45) is 1.33. The van der Waals surface area contributed by atoms with Gasteiger partial charge in [0.25, 0.3) is 11.6 Å². The van der Waals surface area contributed by atoms with Crippen LogP contribution in [0.15, 0.2) is 42.5 Å². The molecule has 33 heavy (non-hydrogen) atoms. The van der Waals surface area contributed by atoms with Crippen molar-refractivity contribution >= 4 is 60.7 Å². The molecule has 2 N–H and O–H groups in total. The zero-order valence-electron chi connectivity index (χ0n) is 17.3. The van der Waals surface area contributed by atoms with Crippen LogP contribution in [0.3, 0.4) is 0 Å². The van der Waals surface area contributed by atoms with Crippen molar-refractivity contribution in [2.75, 3.05) is 10.6 Å². The Kier molecular flexibility index (Phi) is 5.35. The van der Waals surface area contributed by atoms with Crippen LogP contribution in [0.2, 0.25) is 0 Å². The number of rotatable bonds is 5. The monoisotopic (exact) mass is 479 g/mol. The predicted molar refractivity (Wildman–Crippen MR) is 127 cm³/mol. The van der Waals surface area contributed by atoms with E-state index in [9.17, 15) is 19.7 Å². The second kappa shape index (κ2) is 8.34. The third-order valence-electron chi connectivity index (χ3n) is 5.38. The molecule has 0 saturated heterocycles. The van der Waals surface area contributed by atoms with E-state index < -0.39 is 10.8 Å². The van der Waals surface area contributed by atoms with E-state index >= 15 is 0 Å². The Bertz CT molecular complexity index is 1410. The van der Waals surface area contributed by atoms with Crippen molar-refractivity contribution in [1.29, 1.82) is 0 Å². The van der Waals surface area contributed by atoms with Gasteiger partial charge in [0.05, 0.1) is 26.8 Å². The van der Waals surface area contributed by atoms with Crippen LogP contribution < -0.4 is 10.6 Å². The van der Waals surface area contributed by atoms with Crippen LogP contribution in [0, 0.1) is 17.0 Å². The fourth-order valence-electron chi connectivity index (χ4n) is 3.68. The first kappa shape index (κ1) is 21.2. The Labute approximate surface area is 195 Å². The zero-order valence-corrected chi connectivity index (χ0v) is 19.0. The number of non-ortho nitro benzene ring substituents is 1. The molecule has 2 heterocycles. The number of carbonyl (C=O) groups is 2. The molecule has 1 atom stereocenters. The van der Waals surface area contributed by atoms with Crippen LogP contribution in [0.25, 0.3) is 10.2 Å². The van der Waals surface area contributed by atoms with Gasteiger partial charge in [-0.1, -0.05) is 29.0 Å². The first-order valence-corrected chi connectivity index (χ1v) is 11.7. The van der Waals surface area contributed by atoms with Crippen LogP contribution >= 0.6 is 22.7 Å². The van der Waals surface area contributed by atoms with Gasteiger partial charge in [0, 0.05) is 22.6 Å². The number of amides is 2. The van der Waals surface area contributed by atoms with E-state index in [1.165, 1.54) is 34.8 Å². The Hall–Kier alpha value is -3.70. The molecule has 5 rings (SSSR count). The van der Waals surface area contributed by atoms with E-state index in [2.05, 4.69) is 20.6 Å². The van der Waals surface area contributed by atoms with Crippen molar-refractivity contribution in [3.63, 3.8) is 0 Å². The maximum Gasteiger partial charge on any atom is 0.270 e. The number of nitrogens with zero attached hydrogens (tertiary/aromatic N) is 3. The van der Waals surface area contributed by atoms with Crippen LogP contribution in [0.5, 0.6) is 0 Å². The van der Waals surface area contributed by atoms with Crippen molar-refractivity contribution in [3.05, 3.63) is 74.3 Å². The van der Waals surface area contributed by atoms with Crippen molar-refractivity contribution in [3.8, 4) is 0 Å². The van der Waals surface area contributed by atoms with Gasteiger partial charge in [0.15, 0.2) is 10.3 Å². The molecule has 11 heteroatoms. The number of benzene rings is 2. The molecule has 2 aromatic heterocycles. The normalized spacial score (nSPS) is 14.8. The Morgan fingerprint density at radius 2 is 1.82 bits per heavy atom. The lowest BCUT2D eigenvalue weighted by molar-refractivity contribution is -0.384. The number of fused-ring (bicyclic) bond motifs is 2. The summed E-state index contributed by atoms with van der Waals surface area (Å²) in [5.74, 6) is -0.918. The highest BCUT2D eigenvalue weighted by atomic mass is 32.1. The smallest absolute Gasteiger partial charge is 0.270 e. The summed E-state index contributed by atoms with van der Waals surface area (Å²) in [5, 5.41) is 17.5. The van der Waals surface area contributed by atoms with Gasteiger partial charge in [0.2, 0.25) is 5.91 Å². The fraction of sp³-hybridized carbons (Fsp3) is 0.182. The van der Waals surface area contributed by atoms with Gasteiger partial charge in [-0.15, -0.1) is 11.3 Å². The first-order chi connectivity index (χ1) is 15.9. The molecular weight excluding hydrogens is 462 g/mol. The van der Waals surface area contributed by atoms with Crippen LogP contribution in [0.1, 0.15) is 38.8 Å². The number of hydrogen-bond acceptors (Lipinski definition) is 8. The molecule has 0 radical (unpaired) electrons. The molecule has 166 valence electrons. The number of anilines is 2. The minimum absolute atomic E-state index is 0.0212. The quantitative estimate of drug-likeness (QED) is 0.310. The van der Waals surface area contributed by atoms with Gasteiger partial charge in [-0.3, -0.25) is 25.0 Å². The largest absolute Gasteiger partial charge is 0.301 e. The van der Waals surface area contributed by atoms with Crippen LogP contribution in [-0.2, 0) is 11.2 Å². The summed E-state index contributed by atoms with van der Waals surface area (Å²) in [6.45, 7) is 1.95. The minimum atomic E-state index is -0.463. The van der Waals surface area contributed by atoms with Crippen molar-refractivity contribution < 1.29 is 14.5 Å². The number of nitro benzene ring substituents is 1. The van der Waals surface area contributed by atoms with Crippen molar-refractivity contribution in [2.45, 2.75) is 25.7 Å². The van der Waals surface area contributed by atoms with Gasteiger partial charge in [-0.25, -0.2) is 9.97 Å². The fourth-order valence-corrected chi connectivity index (χ4v) is 5.62. The highest BCUT2D eigenvalue weighted by molar-refractivity contribution is 7.22. The third-order valence-corrected chi connectivity index (χ3v) is 7.36. The molecule has 4 aromatic rings. The Morgan fingerprint density at radius 3 is 2.58 bits per heavy atom. The molecule has 1 unspecified atom stereocenters. The predicted octanol–water partition coefficient (Wildman–Crippen LogP) is 4.89. The van der Waals surface area contributed by atoms with Crippen LogP contribution in [0.4, 0.5) is 16.0 Å². The summed E-state index contributed by atoms with van der Waals surface area (Å²) in [7, 11) is 0. The Balaban J connectivity index is 1.30. The summed E-state index contributed by atoms with van der Waals surface area (Å²) in [6, 6.07) is 11.7. The summed E-state index contributed by atoms with van der Waals surface area (Å²) >= 11 is 2.57. The average Bonchev–Trinajstić information content (AvgIpc) is 3.46. The lowest BCUT2D eigenvalue weighted by Gasteiger charge is -2.08. The summed E-state index contributed by atoms with van der Waals surface area (Å²) in [5.41, 5.74) is 2.85. The average molecular weight is 480 g/mol. The van der Waals surface area contributed by atoms with E-state index in [1.807, 2.05) is 19.1 Å². The van der Waals surface area contributed by atoms with Crippen LogP contribution in [-0.4, -0.2) is 26.7 Å². The van der Waals surface area contributed by atoms with E-state index in [-0.39, 0.29) is 17.5 Å². The maximum atomic E-state index is 12.9. The number of aromatic nitrogens is 2. The second-order valence-electron chi connectivity index (χ2n) is 7.66. The van der Waals surface area contributed by atoms with Crippen molar-refractivity contribution in [2.24, 2.45) is 0 Å². The molecular formula is C22H17N5O4S2. The standard InChI is InChI=1S/C22H17N5O4S2/c1-11-2-4-12(5-3-11)19(28)25-22-24-18-14(7-9-16(18)32-22)20(29)26-21-23-15-8-6-13(27(30)31)10-17(15)33-21/h2-6,8,10,14H,7,9H2,1H3,(H,23,26,29)(H,24,25,28). The van der Waals surface area contributed by atoms with Gasteiger partial charge in [-0.2, -0.15) is 0 Å². The van der Waals surface area contributed by atoms with E-state index in [0.717, 1.165) is 10.4 Å². The molecule has 0 bridgehead atoms. The third kappa shape index (κ3) is 4.20. The molecule has 1 aliphatic carbocycles. The SMILES string of the molecule is Cc1ccc(C(=O)Nc2nc3c(s2)CCC3C(=O)Nc2nc3ccc([N+](=O)[O-])cc3s2)cc1. The number of nitro groups is 1. The topological polar surface area (TPSA) is 127 Å². The van der Waals surface area contributed by atoms with Gasteiger partial charge in [0.1, 0.15) is 0 Å². The van der Waals surface area contributed by atoms with Gasteiger partial charge >= 0.3 is 0 Å². The van der Waals surface area contributed by atoms with E-state index in [0.29, 0.717) is 44.6 Å². The van der Waals surface area contributed by atoms with E-state index in [4.69, 9.17) is 0 Å². The molecule has 9 nitrogen and oxygen atoms in total. The zero-order chi connectivity index (χ0) is 23.1. The molecule has 2 amide bonds. The highest BCUT2D eigenvalue weighted by Crippen LogP contribution is 2.39. The van der Waals surface area contributed by atoms with Gasteiger partial charge < -0.3 is 5.32 Å². The molecule has 0 aliphatic heterocycles. The number of hydrogen-bond donors (Lipinski definition) is 2. The number of nitrogens with one attached hydrogen (secondary N) is 2.